The van der Waals surface area contributed by atoms with Crippen LogP contribution < -0.4 is 10.6 Å². The zero-order valence-electron chi connectivity index (χ0n) is 17.8. The molecular formula is C20H31FN4O4. The molecule has 1 amide bonds. The Balaban J connectivity index is 0.00000379. The molecule has 0 saturated heterocycles. The fraction of sp³-hybridized carbons (Fsp3) is 0.450. The highest BCUT2D eigenvalue weighted by atomic mass is 19.1. The van der Waals surface area contributed by atoms with Crippen molar-refractivity contribution in [2.24, 2.45) is 5.10 Å². The number of hydrogen-bond acceptors (Lipinski definition) is 7. The van der Waals surface area contributed by atoms with Crippen molar-refractivity contribution in [2.75, 3.05) is 32.6 Å². The summed E-state index contributed by atoms with van der Waals surface area (Å²) in [5.41, 5.74) is 0.778. The number of carbonyl (C=O) groups excluding carboxylic acids is 2. The highest BCUT2D eigenvalue weighted by molar-refractivity contribution is 6.46. The van der Waals surface area contributed by atoms with Crippen molar-refractivity contribution < 1.29 is 24.2 Å². The van der Waals surface area contributed by atoms with Gasteiger partial charge in [-0.1, -0.05) is 19.9 Å². The molecule has 9 heteroatoms. The Labute approximate surface area is 171 Å². The van der Waals surface area contributed by atoms with E-state index in [2.05, 4.69) is 15.7 Å². The molecule has 0 aliphatic carbocycles. The third kappa shape index (κ3) is 8.84. The maximum Gasteiger partial charge on any atom is 0.273 e. The maximum absolute atomic E-state index is 14.2. The van der Waals surface area contributed by atoms with E-state index in [1.54, 1.807) is 27.1 Å². The van der Waals surface area contributed by atoms with E-state index < -0.39 is 24.4 Å². The van der Waals surface area contributed by atoms with Crippen molar-refractivity contribution in [1.82, 2.24) is 10.3 Å². The molecule has 0 fully saturated rings. The molecule has 0 bridgehead atoms. The second-order valence-electron chi connectivity index (χ2n) is 6.13. The van der Waals surface area contributed by atoms with E-state index in [0.717, 1.165) is 0 Å². The third-order valence-corrected chi connectivity index (χ3v) is 3.42. The van der Waals surface area contributed by atoms with Gasteiger partial charge in [0.2, 0.25) is 0 Å². The first kappa shape index (κ1) is 26.2. The van der Waals surface area contributed by atoms with Gasteiger partial charge in [-0.05, 0) is 31.5 Å². The number of nitrogens with one attached hydrogen (secondary N) is 2. The van der Waals surface area contributed by atoms with Gasteiger partial charge in [-0.3, -0.25) is 9.59 Å². The van der Waals surface area contributed by atoms with Gasteiger partial charge in [-0.25, -0.2) is 4.39 Å². The molecule has 0 radical (unpaired) electrons. The van der Waals surface area contributed by atoms with Crippen LogP contribution in [0.3, 0.4) is 0 Å². The van der Waals surface area contributed by atoms with E-state index in [0.29, 0.717) is 11.8 Å². The number of aliphatic hydroxyl groups is 2. The Morgan fingerprint density at radius 2 is 1.97 bits per heavy atom. The average molecular weight is 410 g/mol. The zero-order valence-corrected chi connectivity index (χ0v) is 17.8. The van der Waals surface area contributed by atoms with Crippen LogP contribution in [0, 0.1) is 12.7 Å². The number of aldehydes is 1. The van der Waals surface area contributed by atoms with Gasteiger partial charge < -0.3 is 25.9 Å². The van der Waals surface area contributed by atoms with Gasteiger partial charge >= 0.3 is 0 Å². The van der Waals surface area contributed by atoms with E-state index >= 15 is 0 Å². The highest BCUT2D eigenvalue weighted by Gasteiger charge is 2.22. The number of rotatable bonds is 9. The quantitative estimate of drug-likeness (QED) is 0.212. The summed E-state index contributed by atoms with van der Waals surface area (Å²) in [6.07, 6.45) is -0.619. The zero-order chi connectivity index (χ0) is 22.6. The summed E-state index contributed by atoms with van der Waals surface area (Å²) in [6, 6.07) is 4.49. The van der Waals surface area contributed by atoms with E-state index in [1.165, 1.54) is 24.1 Å². The first-order chi connectivity index (χ1) is 13.7. The molecular weight excluding hydrogens is 379 g/mol. The predicted molar refractivity (Wildman–Crippen MR) is 112 cm³/mol. The number of hydrogen-bond donors (Lipinski definition) is 4. The van der Waals surface area contributed by atoms with Crippen molar-refractivity contribution in [2.45, 2.75) is 33.8 Å². The van der Waals surface area contributed by atoms with Crippen molar-refractivity contribution in [1.29, 1.82) is 0 Å². The fourth-order valence-corrected chi connectivity index (χ4v) is 2.03. The van der Waals surface area contributed by atoms with Crippen molar-refractivity contribution >= 4 is 23.6 Å². The number of amides is 1. The summed E-state index contributed by atoms with van der Waals surface area (Å²) in [4.78, 5) is 23.9. The number of nitrogens with zero attached hydrogens (tertiary/aromatic N) is 2. The normalized spacial score (nSPS) is 12.8. The van der Waals surface area contributed by atoms with Gasteiger partial charge in [0.15, 0.2) is 5.71 Å². The van der Waals surface area contributed by atoms with Crippen LogP contribution in [-0.2, 0) is 9.59 Å². The molecule has 29 heavy (non-hydrogen) atoms. The molecule has 1 atom stereocenters. The van der Waals surface area contributed by atoms with E-state index in [-0.39, 0.29) is 29.2 Å². The summed E-state index contributed by atoms with van der Waals surface area (Å²) >= 11 is 0. The van der Waals surface area contributed by atoms with Crippen LogP contribution in [0.25, 0.3) is 0 Å². The minimum absolute atomic E-state index is 0.0254. The fourth-order valence-electron chi connectivity index (χ4n) is 2.03. The molecule has 1 aromatic carbocycles. The number of anilines is 1. The molecule has 0 aliphatic rings. The van der Waals surface area contributed by atoms with Crippen LogP contribution in [0.1, 0.15) is 26.3 Å². The smallest absolute Gasteiger partial charge is 0.273 e. The molecule has 0 spiro atoms. The van der Waals surface area contributed by atoms with Gasteiger partial charge in [0.05, 0.1) is 24.1 Å². The van der Waals surface area contributed by atoms with Crippen molar-refractivity contribution in [3.05, 3.63) is 40.8 Å². The van der Waals surface area contributed by atoms with E-state index in [4.69, 9.17) is 5.11 Å². The maximum atomic E-state index is 14.2. The molecule has 0 aliphatic heterocycles. The molecule has 1 rings (SSSR count). The van der Waals surface area contributed by atoms with E-state index in [1.807, 2.05) is 13.8 Å². The lowest BCUT2D eigenvalue weighted by molar-refractivity contribution is -0.115. The lowest BCUT2D eigenvalue weighted by Gasteiger charge is -2.18. The van der Waals surface area contributed by atoms with Crippen LogP contribution in [0.2, 0.25) is 0 Å². The molecule has 0 aromatic heterocycles. The first-order valence-corrected chi connectivity index (χ1v) is 9.22. The number of hydrazone groups is 1. The number of carbonyl (C=O) groups is 2. The van der Waals surface area contributed by atoms with Gasteiger partial charge in [0, 0.05) is 26.2 Å². The summed E-state index contributed by atoms with van der Waals surface area (Å²) in [5, 5.41) is 28.9. The summed E-state index contributed by atoms with van der Waals surface area (Å²) in [7, 11) is 3.16. The van der Waals surface area contributed by atoms with Crippen molar-refractivity contribution in [3.8, 4) is 0 Å². The number of benzene rings is 1. The summed E-state index contributed by atoms with van der Waals surface area (Å²) < 4.78 is 14.2. The lowest BCUT2D eigenvalue weighted by Crippen LogP contribution is -2.40. The largest absolute Gasteiger partial charge is 0.394 e. The number of halogens is 1. The molecule has 4 N–H and O–H groups in total. The minimum atomic E-state index is -1.14. The molecule has 1 aromatic rings. The number of allylic oxidation sites excluding steroid dienone is 1. The number of aryl methyl sites for hydroxylation is 1. The molecule has 1 unspecified atom stereocenters. The van der Waals surface area contributed by atoms with E-state index in [9.17, 15) is 19.1 Å². The third-order valence-electron chi connectivity index (χ3n) is 3.42. The Hall–Kier alpha value is -2.78. The lowest BCUT2D eigenvalue weighted by atomic mass is 10.1. The second-order valence-corrected chi connectivity index (χ2v) is 6.13. The van der Waals surface area contributed by atoms with Gasteiger partial charge in [-0.15, -0.1) is 0 Å². The number of aliphatic hydroxyl groups excluding tert-OH is 2. The predicted octanol–water partition coefficient (Wildman–Crippen LogP) is 1.43. The summed E-state index contributed by atoms with van der Waals surface area (Å²) in [6.45, 7) is 6.46. The van der Waals surface area contributed by atoms with Crippen LogP contribution in [0.15, 0.2) is 34.6 Å². The first-order valence-electron chi connectivity index (χ1n) is 9.22. The van der Waals surface area contributed by atoms with Crippen LogP contribution in [-0.4, -0.2) is 66.5 Å². The Kier molecular flexibility index (Phi) is 12.1. The monoisotopic (exact) mass is 410 g/mol. The standard InChI is InChI=1S/C18H25FN4O4.C2H6/c1-11-5-6-15(14(19)7-11)21-16(12(2)9-24)17(22-23(3)4)18(27)20-8-13(26)10-25;1-2/h5-7,9,13,21,25-26H,8,10H2,1-4H3,(H,20,27);1-2H3/b16-12+,22-17+;. The SMILES string of the molecule is C/C(C=O)=C(Nc1ccc(C)cc1F)/C(=N\N(C)C)C(=O)NCC(O)CO.CC. The van der Waals surface area contributed by atoms with Crippen LogP contribution in [0.4, 0.5) is 10.1 Å². The topological polar surface area (TPSA) is 114 Å². The summed E-state index contributed by atoms with van der Waals surface area (Å²) in [5.74, 6) is -1.25. The van der Waals surface area contributed by atoms with Crippen molar-refractivity contribution in [3.63, 3.8) is 0 Å². The Morgan fingerprint density at radius 1 is 1.34 bits per heavy atom. The van der Waals surface area contributed by atoms with Gasteiger partial charge in [0.25, 0.3) is 5.91 Å². The Morgan fingerprint density at radius 3 is 2.45 bits per heavy atom. The minimum Gasteiger partial charge on any atom is -0.394 e. The van der Waals surface area contributed by atoms with Gasteiger partial charge in [0.1, 0.15) is 12.1 Å². The molecule has 0 heterocycles. The van der Waals surface area contributed by atoms with Crippen LogP contribution >= 0.6 is 0 Å². The highest BCUT2D eigenvalue weighted by Crippen LogP contribution is 2.19. The second kappa shape index (κ2) is 13.4. The Bertz CT molecular complexity index is 748. The molecule has 0 saturated carbocycles. The average Bonchev–Trinajstić information content (AvgIpc) is 2.70. The van der Waals surface area contributed by atoms with Gasteiger partial charge in [-0.2, -0.15) is 5.10 Å². The molecule has 162 valence electrons. The molecule has 8 nitrogen and oxygen atoms in total. The van der Waals surface area contributed by atoms with Crippen LogP contribution in [0.5, 0.6) is 0 Å².